The summed E-state index contributed by atoms with van der Waals surface area (Å²) in [4.78, 5) is 22.2. The molecule has 1 amide bonds. The van der Waals surface area contributed by atoms with Gasteiger partial charge in [-0.3, -0.25) is 14.9 Å². The second-order valence-electron chi connectivity index (χ2n) is 3.46. The molecule has 0 aliphatic carbocycles. The molecule has 18 heavy (non-hydrogen) atoms. The van der Waals surface area contributed by atoms with Gasteiger partial charge < -0.3 is 10.6 Å². The molecule has 2 N–H and O–H groups in total. The molecule has 0 saturated heterocycles. The summed E-state index contributed by atoms with van der Waals surface area (Å²) in [5.74, 6) is 0.493. The fraction of sp³-hybridized carbons (Fsp3) is 0.364. The molecule has 1 rings (SSSR count). The van der Waals surface area contributed by atoms with E-state index in [2.05, 4.69) is 10.6 Å². The molecular weight excluding hydrogens is 254 g/mol. The molecule has 0 atom stereocenters. The smallest absolute Gasteiger partial charge is 0.293 e. The van der Waals surface area contributed by atoms with Crippen LogP contribution < -0.4 is 10.6 Å². The first kappa shape index (κ1) is 14.3. The number of thioether (sulfide) groups is 1. The van der Waals surface area contributed by atoms with E-state index in [9.17, 15) is 14.9 Å². The lowest BCUT2D eigenvalue weighted by atomic mass is 10.1. The van der Waals surface area contributed by atoms with Crippen LogP contribution in [0.3, 0.4) is 0 Å². The summed E-state index contributed by atoms with van der Waals surface area (Å²) in [5.41, 5.74) is 0.423. The van der Waals surface area contributed by atoms with Crippen LogP contribution in [0.4, 0.5) is 11.4 Å². The minimum absolute atomic E-state index is 0.102. The van der Waals surface area contributed by atoms with Crippen LogP contribution in [-0.2, 0) is 0 Å². The topological polar surface area (TPSA) is 84.3 Å². The van der Waals surface area contributed by atoms with E-state index in [1.54, 1.807) is 24.9 Å². The zero-order valence-corrected chi connectivity index (χ0v) is 11.0. The lowest BCUT2D eigenvalue weighted by molar-refractivity contribution is -0.384. The predicted molar refractivity (Wildman–Crippen MR) is 73.4 cm³/mol. The molecule has 0 aliphatic rings. The number of nitrogens with one attached hydrogen (secondary N) is 2. The molecule has 0 radical (unpaired) electrons. The fourth-order valence-corrected chi connectivity index (χ4v) is 1.81. The molecule has 0 unspecified atom stereocenters. The Morgan fingerprint density at radius 2 is 2.22 bits per heavy atom. The number of rotatable bonds is 6. The van der Waals surface area contributed by atoms with Gasteiger partial charge >= 0.3 is 0 Å². The highest BCUT2D eigenvalue weighted by Gasteiger charge is 2.20. The molecule has 7 heteroatoms. The Labute approximate surface area is 109 Å². The van der Waals surface area contributed by atoms with E-state index in [0.29, 0.717) is 6.54 Å². The summed E-state index contributed by atoms with van der Waals surface area (Å²) >= 11 is 1.62. The summed E-state index contributed by atoms with van der Waals surface area (Å²) in [5, 5.41) is 16.3. The molecule has 0 fully saturated rings. The van der Waals surface area contributed by atoms with Crippen molar-refractivity contribution in [1.29, 1.82) is 0 Å². The number of nitrogens with zero attached hydrogens (tertiary/aromatic N) is 1. The van der Waals surface area contributed by atoms with Crippen LogP contribution in [0.2, 0.25) is 0 Å². The Morgan fingerprint density at radius 3 is 2.78 bits per heavy atom. The third kappa shape index (κ3) is 3.36. The van der Waals surface area contributed by atoms with Crippen molar-refractivity contribution in [1.82, 2.24) is 5.32 Å². The first-order valence-corrected chi connectivity index (χ1v) is 6.73. The van der Waals surface area contributed by atoms with Gasteiger partial charge in [0.05, 0.1) is 10.5 Å². The van der Waals surface area contributed by atoms with Crippen LogP contribution in [0.25, 0.3) is 0 Å². The summed E-state index contributed by atoms with van der Waals surface area (Å²) in [6.07, 6.45) is 1.94. The van der Waals surface area contributed by atoms with Crippen LogP contribution in [0.1, 0.15) is 10.4 Å². The highest BCUT2D eigenvalue weighted by atomic mass is 32.2. The lowest BCUT2D eigenvalue weighted by Crippen LogP contribution is -2.26. The van der Waals surface area contributed by atoms with Gasteiger partial charge in [0, 0.05) is 25.4 Å². The molecule has 0 aromatic heterocycles. The van der Waals surface area contributed by atoms with Crippen molar-refractivity contribution in [3.05, 3.63) is 33.9 Å². The highest BCUT2D eigenvalue weighted by molar-refractivity contribution is 7.98. The van der Waals surface area contributed by atoms with Crippen molar-refractivity contribution in [3.8, 4) is 0 Å². The number of carbonyl (C=O) groups is 1. The van der Waals surface area contributed by atoms with Crippen molar-refractivity contribution >= 4 is 29.0 Å². The SMILES string of the molecule is CNc1c(C(=O)NCCSC)cccc1[N+](=O)[O-]. The van der Waals surface area contributed by atoms with Crippen LogP contribution >= 0.6 is 11.8 Å². The summed E-state index contributed by atoms with van der Waals surface area (Å²) in [6, 6.07) is 4.43. The molecule has 0 bridgehead atoms. The summed E-state index contributed by atoms with van der Waals surface area (Å²) in [6.45, 7) is 0.534. The van der Waals surface area contributed by atoms with Gasteiger partial charge in [-0.25, -0.2) is 0 Å². The third-order valence-corrected chi connectivity index (χ3v) is 2.94. The maximum Gasteiger partial charge on any atom is 0.293 e. The van der Waals surface area contributed by atoms with Crippen LogP contribution in [0.15, 0.2) is 18.2 Å². The van der Waals surface area contributed by atoms with Crippen molar-refractivity contribution in [2.24, 2.45) is 0 Å². The number of nitro groups is 1. The maximum absolute atomic E-state index is 11.9. The normalized spacial score (nSPS) is 9.89. The van der Waals surface area contributed by atoms with E-state index in [1.165, 1.54) is 12.1 Å². The van der Waals surface area contributed by atoms with Crippen molar-refractivity contribution in [2.75, 3.05) is 30.9 Å². The number of benzene rings is 1. The number of carbonyl (C=O) groups excluding carboxylic acids is 1. The molecular formula is C11H15N3O3S. The number of nitro benzene ring substituents is 1. The van der Waals surface area contributed by atoms with Gasteiger partial charge in [0.15, 0.2) is 0 Å². The average molecular weight is 269 g/mol. The van der Waals surface area contributed by atoms with E-state index in [0.717, 1.165) is 5.75 Å². The second kappa shape index (κ2) is 6.85. The van der Waals surface area contributed by atoms with Crippen LogP contribution in [-0.4, -0.2) is 36.4 Å². The lowest BCUT2D eigenvalue weighted by Gasteiger charge is -2.09. The molecule has 0 saturated carbocycles. The standard InChI is InChI=1S/C11H15N3O3S/c1-12-10-8(11(15)13-6-7-18-2)4-3-5-9(10)14(16)17/h3-5,12H,6-7H2,1-2H3,(H,13,15). The Kier molecular flexibility index (Phi) is 5.44. The first-order valence-electron chi connectivity index (χ1n) is 5.34. The van der Waals surface area contributed by atoms with E-state index in [1.807, 2.05) is 6.26 Å². The van der Waals surface area contributed by atoms with Gasteiger partial charge in [-0.2, -0.15) is 11.8 Å². The Hall–Kier alpha value is -1.76. The van der Waals surface area contributed by atoms with Gasteiger partial charge in [-0.1, -0.05) is 6.07 Å². The van der Waals surface area contributed by atoms with E-state index in [4.69, 9.17) is 0 Å². The quantitative estimate of drug-likeness (QED) is 0.467. The Morgan fingerprint density at radius 1 is 1.50 bits per heavy atom. The zero-order valence-electron chi connectivity index (χ0n) is 10.2. The summed E-state index contributed by atoms with van der Waals surface area (Å²) in [7, 11) is 1.56. The Balaban J connectivity index is 2.97. The van der Waals surface area contributed by atoms with E-state index < -0.39 is 4.92 Å². The Bertz CT molecular complexity index is 451. The molecule has 0 spiro atoms. The van der Waals surface area contributed by atoms with Gasteiger partial charge in [-0.15, -0.1) is 0 Å². The highest BCUT2D eigenvalue weighted by Crippen LogP contribution is 2.27. The monoisotopic (exact) mass is 269 g/mol. The van der Waals surface area contributed by atoms with Crippen molar-refractivity contribution < 1.29 is 9.72 Å². The minimum atomic E-state index is -0.509. The molecule has 0 heterocycles. The van der Waals surface area contributed by atoms with Crippen molar-refractivity contribution in [3.63, 3.8) is 0 Å². The number of hydrogen-bond acceptors (Lipinski definition) is 5. The molecule has 98 valence electrons. The fourth-order valence-electron chi connectivity index (χ4n) is 1.51. The molecule has 1 aromatic rings. The summed E-state index contributed by atoms with van der Waals surface area (Å²) < 4.78 is 0. The number of amides is 1. The molecule has 0 aliphatic heterocycles. The number of para-hydroxylation sites is 1. The van der Waals surface area contributed by atoms with E-state index in [-0.39, 0.29) is 22.8 Å². The molecule has 6 nitrogen and oxygen atoms in total. The van der Waals surface area contributed by atoms with Gasteiger partial charge in [0.25, 0.3) is 11.6 Å². The predicted octanol–water partition coefficient (Wildman–Crippen LogP) is 1.73. The number of hydrogen-bond donors (Lipinski definition) is 2. The van der Waals surface area contributed by atoms with Gasteiger partial charge in [0.1, 0.15) is 5.69 Å². The van der Waals surface area contributed by atoms with Crippen LogP contribution in [0.5, 0.6) is 0 Å². The second-order valence-corrected chi connectivity index (χ2v) is 4.44. The molecule has 1 aromatic carbocycles. The van der Waals surface area contributed by atoms with Crippen LogP contribution in [0, 0.1) is 10.1 Å². The average Bonchev–Trinajstić information content (AvgIpc) is 2.37. The first-order chi connectivity index (χ1) is 8.61. The maximum atomic E-state index is 11.9. The number of anilines is 1. The van der Waals surface area contributed by atoms with E-state index >= 15 is 0 Å². The van der Waals surface area contributed by atoms with Gasteiger partial charge in [-0.05, 0) is 12.3 Å². The third-order valence-electron chi connectivity index (χ3n) is 2.33. The minimum Gasteiger partial charge on any atom is -0.382 e. The largest absolute Gasteiger partial charge is 0.382 e. The van der Waals surface area contributed by atoms with Gasteiger partial charge in [0.2, 0.25) is 0 Å². The zero-order chi connectivity index (χ0) is 13.5. The van der Waals surface area contributed by atoms with Crippen molar-refractivity contribution in [2.45, 2.75) is 0 Å².